The van der Waals surface area contributed by atoms with Crippen molar-refractivity contribution in [2.45, 2.75) is 175 Å². The van der Waals surface area contributed by atoms with Crippen molar-refractivity contribution in [3.05, 3.63) is 85.5 Å². The van der Waals surface area contributed by atoms with E-state index in [2.05, 4.69) is 59.0 Å². The normalized spacial score (nSPS) is 11.3. The van der Waals surface area contributed by atoms with Gasteiger partial charge in [-0.25, -0.2) is 14.4 Å². The quantitative estimate of drug-likeness (QED) is 0.0186. The summed E-state index contributed by atoms with van der Waals surface area (Å²) in [4.78, 5) is 30.9. The smallest absolute Gasteiger partial charge is 0.338 e. The zero-order valence-corrected chi connectivity index (χ0v) is 38.7. The number of likely N-dealkylation sites (N-methyl/N-ethyl adjacent to an activating group) is 1. The van der Waals surface area contributed by atoms with E-state index in [0.29, 0.717) is 12.2 Å². The van der Waals surface area contributed by atoms with Crippen LogP contribution in [-0.2, 0) is 23.9 Å². The van der Waals surface area contributed by atoms with E-state index < -0.39 is 11.9 Å². The lowest BCUT2D eigenvalue weighted by Crippen LogP contribution is -3.00. The number of hydrogen-bond acceptors (Lipinski definition) is 5. The van der Waals surface area contributed by atoms with E-state index >= 15 is 0 Å². The fourth-order valence-corrected chi connectivity index (χ4v) is 6.24. The van der Waals surface area contributed by atoms with E-state index in [0.717, 1.165) is 40.7 Å². The minimum atomic E-state index is -0.579. The van der Waals surface area contributed by atoms with Crippen molar-refractivity contribution >= 4 is 30.1 Å². The molecule has 0 spiro atoms. The molecule has 0 unspecified atom stereocenters. The van der Waals surface area contributed by atoms with Gasteiger partial charge in [0.15, 0.2) is 0 Å². The molecular formula is C51H86ClNO5. The lowest BCUT2D eigenvalue weighted by atomic mass is 10.0. The van der Waals surface area contributed by atoms with E-state index in [1.165, 1.54) is 154 Å². The molecule has 0 bridgehead atoms. The highest BCUT2D eigenvalue weighted by molar-refractivity contribution is 6.04. The maximum Gasteiger partial charge on any atom is 0.338 e. The lowest BCUT2D eigenvalue weighted by Gasteiger charge is -2.28. The van der Waals surface area contributed by atoms with Crippen LogP contribution in [0.3, 0.4) is 0 Å². The molecule has 1 heterocycles. The number of quaternary nitrogens is 1. The van der Waals surface area contributed by atoms with Crippen LogP contribution in [0.2, 0.25) is 0 Å². The van der Waals surface area contributed by atoms with Crippen LogP contribution in [0.25, 0.3) is 12.2 Å². The number of ether oxygens (including phenoxy) is 2. The van der Waals surface area contributed by atoms with Gasteiger partial charge in [0.05, 0.1) is 33.8 Å². The molecule has 1 aliphatic heterocycles. The number of halogens is 1. The molecule has 6 nitrogen and oxygen atoms in total. The SMILES string of the molecule is C=C(C)C(=O)OCCCCCCCCCCCC.C=CC[N+](C)(C)CCCCCCCCCCCCCCCC.C=Cc1ccccc1C=C.O=C1C=CC(=O)O1.[Cl-]. The first-order chi connectivity index (χ1) is 27.5. The Balaban J connectivity index is -0.000000745. The predicted molar refractivity (Wildman–Crippen MR) is 247 cm³/mol. The molecule has 0 aromatic heterocycles. The molecule has 0 fully saturated rings. The summed E-state index contributed by atoms with van der Waals surface area (Å²) in [6.45, 7) is 23.9. The number of nitrogens with zero attached hydrogens (tertiary/aromatic N) is 1. The zero-order chi connectivity index (χ0) is 42.8. The van der Waals surface area contributed by atoms with Crippen LogP contribution >= 0.6 is 0 Å². The molecule has 58 heavy (non-hydrogen) atoms. The third kappa shape index (κ3) is 41.0. The summed E-state index contributed by atoms with van der Waals surface area (Å²) in [6.07, 6.45) is 41.0. The highest BCUT2D eigenvalue weighted by Gasteiger charge is 2.11. The van der Waals surface area contributed by atoms with E-state index in [1.807, 2.05) is 42.5 Å². The summed E-state index contributed by atoms with van der Waals surface area (Å²) in [5.74, 6) is -1.42. The minimum Gasteiger partial charge on any atom is -1.00 e. The number of benzene rings is 1. The molecule has 0 aliphatic carbocycles. The molecule has 2 rings (SSSR count). The monoisotopic (exact) mass is 828 g/mol. The number of hydrogen-bond donors (Lipinski definition) is 0. The maximum atomic E-state index is 11.1. The number of rotatable bonds is 31. The Bertz CT molecular complexity index is 1190. The van der Waals surface area contributed by atoms with Gasteiger partial charge in [-0.1, -0.05) is 211 Å². The van der Waals surface area contributed by atoms with Gasteiger partial charge in [-0.2, -0.15) is 0 Å². The van der Waals surface area contributed by atoms with Crippen LogP contribution in [0.5, 0.6) is 0 Å². The Morgan fingerprint density at radius 2 is 0.966 bits per heavy atom. The number of cyclic esters (lactones) is 2. The Morgan fingerprint density at radius 1 is 0.621 bits per heavy atom. The summed E-state index contributed by atoms with van der Waals surface area (Å²) in [6, 6.07) is 8.02. The Kier molecular flexibility index (Phi) is 44.2. The van der Waals surface area contributed by atoms with Crippen molar-refractivity contribution in [2.75, 3.05) is 33.8 Å². The zero-order valence-electron chi connectivity index (χ0n) is 38.0. The van der Waals surface area contributed by atoms with Crippen LogP contribution in [0, 0.1) is 0 Å². The fraction of sp³-hybridized carbons (Fsp3) is 0.627. The van der Waals surface area contributed by atoms with E-state index in [1.54, 1.807) is 6.92 Å². The topological polar surface area (TPSA) is 69.7 Å². The minimum absolute atomic E-state index is 0. The van der Waals surface area contributed by atoms with Crippen molar-refractivity contribution in [3.8, 4) is 0 Å². The molecule has 332 valence electrons. The summed E-state index contributed by atoms with van der Waals surface area (Å²) in [5, 5.41) is 0. The van der Waals surface area contributed by atoms with Gasteiger partial charge < -0.3 is 26.4 Å². The molecule has 1 aliphatic rings. The third-order valence-corrected chi connectivity index (χ3v) is 9.81. The van der Waals surface area contributed by atoms with Crippen LogP contribution in [-0.4, -0.2) is 56.2 Å². The van der Waals surface area contributed by atoms with Crippen LogP contribution < -0.4 is 12.4 Å². The Morgan fingerprint density at radius 3 is 1.26 bits per heavy atom. The van der Waals surface area contributed by atoms with Crippen molar-refractivity contribution in [3.63, 3.8) is 0 Å². The molecule has 7 heteroatoms. The number of esters is 3. The molecule has 0 saturated heterocycles. The fourth-order valence-electron chi connectivity index (χ4n) is 6.24. The van der Waals surface area contributed by atoms with Gasteiger partial charge in [-0.05, 0) is 43.4 Å². The summed E-state index contributed by atoms with van der Waals surface area (Å²) in [7, 11) is 4.62. The summed E-state index contributed by atoms with van der Waals surface area (Å²) in [5.41, 5.74) is 2.76. The first kappa shape index (κ1) is 59.1. The molecule has 0 atom stereocenters. The first-order valence-electron chi connectivity index (χ1n) is 22.5. The van der Waals surface area contributed by atoms with Crippen LogP contribution in [0.1, 0.15) is 186 Å². The van der Waals surface area contributed by atoms with Gasteiger partial charge >= 0.3 is 17.9 Å². The van der Waals surface area contributed by atoms with Crippen LogP contribution in [0.4, 0.5) is 0 Å². The van der Waals surface area contributed by atoms with Gasteiger partial charge in [0, 0.05) is 17.7 Å². The maximum absolute atomic E-state index is 11.1. The lowest BCUT2D eigenvalue weighted by molar-refractivity contribution is -0.884. The van der Waals surface area contributed by atoms with Crippen molar-refractivity contribution in [1.82, 2.24) is 0 Å². The number of carbonyl (C=O) groups excluding carboxylic acids is 3. The van der Waals surface area contributed by atoms with Crippen molar-refractivity contribution in [2.24, 2.45) is 0 Å². The molecular weight excluding hydrogens is 742 g/mol. The van der Waals surface area contributed by atoms with E-state index in [4.69, 9.17) is 4.74 Å². The molecule has 1 aromatic carbocycles. The molecule has 0 radical (unpaired) electrons. The van der Waals surface area contributed by atoms with Crippen molar-refractivity contribution < 1.29 is 40.7 Å². The summed E-state index contributed by atoms with van der Waals surface area (Å²) >= 11 is 0. The van der Waals surface area contributed by atoms with E-state index in [-0.39, 0.29) is 18.4 Å². The highest BCUT2D eigenvalue weighted by Crippen LogP contribution is 2.14. The molecule has 0 N–H and O–H groups in total. The number of unbranched alkanes of at least 4 members (excludes halogenated alkanes) is 22. The largest absolute Gasteiger partial charge is 1.00 e. The van der Waals surface area contributed by atoms with Gasteiger partial charge in [0.25, 0.3) is 0 Å². The third-order valence-electron chi connectivity index (χ3n) is 9.81. The van der Waals surface area contributed by atoms with Crippen LogP contribution in [0.15, 0.2) is 74.4 Å². The second-order valence-corrected chi connectivity index (χ2v) is 15.9. The van der Waals surface area contributed by atoms with Gasteiger partial charge in [0.2, 0.25) is 0 Å². The second-order valence-electron chi connectivity index (χ2n) is 15.9. The Labute approximate surface area is 363 Å². The van der Waals surface area contributed by atoms with Crippen molar-refractivity contribution in [1.29, 1.82) is 0 Å². The average Bonchev–Trinajstić information content (AvgIpc) is 3.59. The predicted octanol–water partition coefficient (Wildman–Crippen LogP) is 11.4. The first-order valence-corrected chi connectivity index (χ1v) is 22.5. The van der Waals surface area contributed by atoms with E-state index in [9.17, 15) is 14.4 Å². The molecule has 0 amide bonds. The average molecular weight is 829 g/mol. The molecule has 0 saturated carbocycles. The standard InChI is InChI=1S/C21H44N.C16H30O2.C10H10.C4H2O3.ClH/c1-5-7-8-9-10-11-12-13-14-15-16-17-18-19-21-22(3,4)20-6-2;1-4-5-6-7-8-9-10-11-12-13-14-18-16(17)15(2)3;1-3-9-7-5-6-8-10(9)4-2;5-3-1-2-4(6)7-3;/h6H,2,5,7-21H2,1,3-4H3;2,4-14H2,1,3H3;3-8H,1-2H2;1-2H;1H/q+1;;;;/p-1. The van der Waals surface area contributed by atoms with Gasteiger partial charge in [-0.3, -0.25) is 0 Å². The Hall–Kier alpha value is -3.22. The number of carbonyl (C=O) groups is 3. The second kappa shape index (κ2) is 43.4. The summed E-state index contributed by atoms with van der Waals surface area (Å²) < 4.78 is 10.1. The van der Waals surface area contributed by atoms with Gasteiger partial charge in [-0.15, -0.1) is 0 Å². The highest BCUT2D eigenvalue weighted by atomic mass is 35.5. The molecule has 1 aromatic rings. The van der Waals surface area contributed by atoms with Gasteiger partial charge in [0.1, 0.15) is 0 Å².